The summed E-state index contributed by atoms with van der Waals surface area (Å²) >= 11 is 5.91. The first-order chi connectivity index (χ1) is 8.89. The number of aromatic nitrogens is 2. The normalized spacial score (nSPS) is 13.3. The summed E-state index contributed by atoms with van der Waals surface area (Å²) in [7, 11) is 0. The van der Waals surface area contributed by atoms with Crippen LogP contribution in [0.3, 0.4) is 0 Å². The summed E-state index contributed by atoms with van der Waals surface area (Å²) in [5.41, 5.74) is 0.497. The lowest BCUT2D eigenvalue weighted by atomic mass is 9.84. The van der Waals surface area contributed by atoms with Crippen LogP contribution in [0.1, 0.15) is 32.4 Å². The maximum absolute atomic E-state index is 12.7. The molecule has 1 aromatic carbocycles. The summed E-state index contributed by atoms with van der Waals surface area (Å²) in [6.45, 7) is 5.78. The van der Waals surface area contributed by atoms with Gasteiger partial charge in [0, 0.05) is 22.8 Å². The minimum atomic E-state index is -0.422. The van der Waals surface area contributed by atoms with E-state index >= 15 is 0 Å². The Kier molecular flexibility index (Phi) is 3.76. The second-order valence-electron chi connectivity index (χ2n) is 5.58. The molecule has 0 amide bonds. The Morgan fingerprint density at radius 2 is 1.89 bits per heavy atom. The van der Waals surface area contributed by atoms with Gasteiger partial charge in [-0.25, -0.2) is 4.98 Å². The number of carbonyl (C=O) groups excluding carboxylic acids is 1. The first kappa shape index (κ1) is 13.8. The Balaban J connectivity index is 2.46. The molecule has 1 unspecified atom stereocenters. The van der Waals surface area contributed by atoms with Crippen molar-refractivity contribution in [2.75, 3.05) is 0 Å². The Morgan fingerprint density at radius 3 is 2.37 bits per heavy atom. The zero-order chi connectivity index (χ0) is 14.0. The number of rotatable bonds is 3. The van der Waals surface area contributed by atoms with E-state index in [-0.39, 0.29) is 11.8 Å². The number of hydrogen-bond acceptors (Lipinski definition) is 2. The molecule has 0 N–H and O–H groups in total. The zero-order valence-electron chi connectivity index (χ0n) is 11.3. The van der Waals surface area contributed by atoms with Crippen LogP contribution < -0.4 is 0 Å². The third-order valence-corrected chi connectivity index (χ3v) is 3.25. The van der Waals surface area contributed by atoms with Gasteiger partial charge in [-0.1, -0.05) is 44.5 Å². The van der Waals surface area contributed by atoms with Gasteiger partial charge in [0.1, 0.15) is 6.04 Å². The molecule has 4 heteroatoms. The monoisotopic (exact) mass is 276 g/mol. The number of hydrogen-bond donors (Lipinski definition) is 0. The number of Topliss-reactive ketones (excluding diaryl/α,β-unsaturated/α-hetero) is 1. The van der Waals surface area contributed by atoms with Gasteiger partial charge in [-0.2, -0.15) is 0 Å². The van der Waals surface area contributed by atoms with Crippen LogP contribution in [-0.4, -0.2) is 15.3 Å². The number of ketones is 1. The number of carbonyl (C=O) groups is 1. The lowest BCUT2D eigenvalue weighted by Crippen LogP contribution is -2.30. The van der Waals surface area contributed by atoms with Gasteiger partial charge in [-0.05, 0) is 17.7 Å². The molecule has 1 atom stereocenters. The van der Waals surface area contributed by atoms with E-state index < -0.39 is 5.41 Å². The van der Waals surface area contributed by atoms with Gasteiger partial charge in [0.05, 0.1) is 6.33 Å². The highest BCUT2D eigenvalue weighted by molar-refractivity contribution is 6.30. The van der Waals surface area contributed by atoms with Crippen LogP contribution in [0.15, 0.2) is 43.0 Å². The molecular formula is C15H17ClN2O. The van der Waals surface area contributed by atoms with Gasteiger partial charge in [0.25, 0.3) is 0 Å². The molecule has 19 heavy (non-hydrogen) atoms. The molecule has 3 nitrogen and oxygen atoms in total. The van der Waals surface area contributed by atoms with E-state index in [1.54, 1.807) is 24.7 Å². The van der Waals surface area contributed by atoms with E-state index in [4.69, 9.17) is 11.6 Å². The van der Waals surface area contributed by atoms with Crippen molar-refractivity contribution in [2.45, 2.75) is 26.8 Å². The number of benzene rings is 1. The second kappa shape index (κ2) is 5.17. The quantitative estimate of drug-likeness (QED) is 0.856. The van der Waals surface area contributed by atoms with Crippen LogP contribution in [-0.2, 0) is 4.79 Å². The largest absolute Gasteiger partial charge is 0.323 e. The predicted octanol–water partition coefficient (Wildman–Crippen LogP) is 3.74. The van der Waals surface area contributed by atoms with Gasteiger partial charge < -0.3 is 4.57 Å². The van der Waals surface area contributed by atoms with E-state index in [1.165, 1.54) is 0 Å². The van der Waals surface area contributed by atoms with Crippen molar-refractivity contribution in [1.82, 2.24) is 9.55 Å². The molecule has 1 aromatic heterocycles. The van der Waals surface area contributed by atoms with Gasteiger partial charge >= 0.3 is 0 Å². The molecular weight excluding hydrogens is 260 g/mol. The molecule has 0 aliphatic carbocycles. The Bertz CT molecular complexity index is 553. The Hall–Kier alpha value is -1.61. The van der Waals surface area contributed by atoms with Crippen molar-refractivity contribution in [2.24, 2.45) is 5.41 Å². The van der Waals surface area contributed by atoms with E-state index in [0.29, 0.717) is 5.02 Å². The Morgan fingerprint density at radius 1 is 1.26 bits per heavy atom. The fourth-order valence-electron chi connectivity index (χ4n) is 1.94. The van der Waals surface area contributed by atoms with E-state index in [1.807, 2.05) is 43.7 Å². The Labute approximate surface area is 118 Å². The van der Waals surface area contributed by atoms with Crippen molar-refractivity contribution < 1.29 is 4.79 Å². The molecule has 2 rings (SSSR count). The summed E-state index contributed by atoms with van der Waals surface area (Å²) in [6.07, 6.45) is 5.16. The van der Waals surface area contributed by atoms with Crippen molar-refractivity contribution in [1.29, 1.82) is 0 Å². The van der Waals surface area contributed by atoms with Crippen LogP contribution >= 0.6 is 11.6 Å². The van der Waals surface area contributed by atoms with Gasteiger partial charge in [0.2, 0.25) is 0 Å². The maximum atomic E-state index is 12.7. The van der Waals surface area contributed by atoms with Gasteiger partial charge in [-0.15, -0.1) is 0 Å². The number of halogens is 1. The average molecular weight is 277 g/mol. The van der Waals surface area contributed by atoms with Gasteiger partial charge in [0.15, 0.2) is 5.78 Å². The van der Waals surface area contributed by atoms with Crippen molar-refractivity contribution in [3.05, 3.63) is 53.6 Å². The van der Waals surface area contributed by atoms with Crippen molar-refractivity contribution in [3.63, 3.8) is 0 Å². The lowest BCUT2D eigenvalue weighted by molar-refractivity contribution is -0.128. The van der Waals surface area contributed by atoms with Crippen LogP contribution in [0.4, 0.5) is 0 Å². The fourth-order valence-corrected chi connectivity index (χ4v) is 2.06. The van der Waals surface area contributed by atoms with Crippen molar-refractivity contribution >= 4 is 17.4 Å². The SMILES string of the molecule is CC(C)(C)C(=O)C(c1ccc(Cl)cc1)n1ccnc1. The highest BCUT2D eigenvalue weighted by Crippen LogP contribution is 2.29. The topological polar surface area (TPSA) is 34.9 Å². The molecule has 0 saturated carbocycles. The lowest BCUT2D eigenvalue weighted by Gasteiger charge is -2.26. The molecule has 2 aromatic rings. The van der Waals surface area contributed by atoms with Gasteiger partial charge in [-0.3, -0.25) is 4.79 Å². The van der Waals surface area contributed by atoms with Crippen molar-refractivity contribution in [3.8, 4) is 0 Å². The van der Waals surface area contributed by atoms with Crippen LogP contribution in [0.2, 0.25) is 5.02 Å². The van der Waals surface area contributed by atoms with E-state index in [2.05, 4.69) is 4.98 Å². The fraction of sp³-hybridized carbons (Fsp3) is 0.333. The predicted molar refractivity (Wildman–Crippen MR) is 76.3 cm³/mol. The first-order valence-corrected chi connectivity index (χ1v) is 6.54. The van der Waals surface area contributed by atoms with E-state index in [9.17, 15) is 4.79 Å². The number of imidazole rings is 1. The average Bonchev–Trinajstić information content (AvgIpc) is 2.84. The molecule has 0 radical (unpaired) electrons. The summed E-state index contributed by atoms with van der Waals surface area (Å²) in [5, 5.41) is 0.663. The standard InChI is InChI=1S/C15H17ClN2O/c1-15(2,3)14(19)13(18-9-8-17-10-18)11-4-6-12(16)7-5-11/h4-10,13H,1-3H3. The van der Waals surface area contributed by atoms with Crippen LogP contribution in [0.5, 0.6) is 0 Å². The summed E-state index contributed by atoms with van der Waals surface area (Å²) in [6, 6.07) is 7.01. The molecule has 0 spiro atoms. The highest BCUT2D eigenvalue weighted by Gasteiger charge is 2.31. The first-order valence-electron chi connectivity index (χ1n) is 6.17. The summed E-state index contributed by atoms with van der Waals surface area (Å²) < 4.78 is 1.83. The molecule has 0 fully saturated rings. The minimum absolute atomic E-state index is 0.146. The summed E-state index contributed by atoms with van der Waals surface area (Å²) in [4.78, 5) is 16.7. The smallest absolute Gasteiger partial charge is 0.165 e. The summed E-state index contributed by atoms with van der Waals surface area (Å²) in [5.74, 6) is 0.146. The third kappa shape index (κ3) is 3.04. The van der Waals surface area contributed by atoms with Crippen LogP contribution in [0, 0.1) is 5.41 Å². The molecule has 1 heterocycles. The molecule has 0 aliphatic heterocycles. The second-order valence-corrected chi connectivity index (χ2v) is 6.01. The molecule has 0 saturated heterocycles. The maximum Gasteiger partial charge on any atom is 0.165 e. The minimum Gasteiger partial charge on any atom is -0.323 e. The van der Waals surface area contributed by atoms with Crippen LogP contribution in [0.25, 0.3) is 0 Å². The molecule has 100 valence electrons. The third-order valence-electron chi connectivity index (χ3n) is 3.00. The highest BCUT2D eigenvalue weighted by atomic mass is 35.5. The number of nitrogens with zero attached hydrogens (tertiary/aromatic N) is 2. The zero-order valence-corrected chi connectivity index (χ0v) is 12.1. The molecule has 0 bridgehead atoms. The molecule has 0 aliphatic rings. The van der Waals surface area contributed by atoms with E-state index in [0.717, 1.165) is 5.56 Å².